The molecule has 1 atom stereocenters. The molecule has 186 valence electrons. The van der Waals surface area contributed by atoms with E-state index in [4.69, 9.17) is 16.3 Å². The van der Waals surface area contributed by atoms with Crippen molar-refractivity contribution in [3.05, 3.63) is 63.7 Å². The summed E-state index contributed by atoms with van der Waals surface area (Å²) >= 11 is 6.02. The Bertz CT molecular complexity index is 1250. The van der Waals surface area contributed by atoms with Gasteiger partial charge in [-0.25, -0.2) is 13.5 Å². The normalized spacial score (nSPS) is 15.2. The van der Waals surface area contributed by atoms with Gasteiger partial charge in [-0.15, -0.1) is 0 Å². The van der Waals surface area contributed by atoms with Crippen LogP contribution in [0, 0.1) is 5.92 Å². The van der Waals surface area contributed by atoms with Gasteiger partial charge in [-0.3, -0.25) is 14.3 Å². The van der Waals surface area contributed by atoms with Gasteiger partial charge in [0.25, 0.3) is 17.4 Å². The van der Waals surface area contributed by atoms with E-state index in [1.165, 1.54) is 35.1 Å². The molecule has 8 nitrogen and oxygen atoms in total. The molecule has 4 rings (SSSR count). The lowest BCUT2D eigenvalue weighted by Crippen LogP contribution is -2.36. The van der Waals surface area contributed by atoms with Crippen molar-refractivity contribution in [1.29, 1.82) is 0 Å². The molecule has 0 bridgehead atoms. The van der Waals surface area contributed by atoms with Gasteiger partial charge in [0.1, 0.15) is 16.9 Å². The van der Waals surface area contributed by atoms with Gasteiger partial charge in [0.2, 0.25) is 0 Å². The van der Waals surface area contributed by atoms with Gasteiger partial charge in [-0.05, 0) is 24.5 Å². The fraction of sp³-hybridized carbons (Fsp3) is 0.417. The maximum Gasteiger partial charge on any atom is 0.274 e. The molecule has 11 heteroatoms. The number of anilines is 1. The highest BCUT2D eigenvalue weighted by molar-refractivity contribution is 6.29. The zero-order chi connectivity index (χ0) is 25.2. The molecular weight excluding hydrogens is 480 g/mol. The molecule has 1 aliphatic rings. The molecule has 0 saturated heterocycles. The molecule has 1 aromatic carbocycles. The number of amides is 1. The van der Waals surface area contributed by atoms with Gasteiger partial charge in [-0.2, -0.15) is 10.2 Å². The number of benzene rings is 1. The second kappa shape index (κ2) is 10.2. The van der Waals surface area contributed by atoms with Crippen LogP contribution in [0.15, 0.2) is 47.4 Å². The number of aryl methyl sites for hydroxylation is 1. The van der Waals surface area contributed by atoms with E-state index in [9.17, 15) is 18.4 Å². The zero-order valence-corrected chi connectivity index (χ0v) is 20.1. The third kappa shape index (κ3) is 5.87. The van der Waals surface area contributed by atoms with Crippen LogP contribution in [0.5, 0.6) is 11.5 Å². The SMILES string of the molecule is Cn1nc(NC(=O)C(CC2CCCC2)n2ncc(Oc3ccccc3C(C)(F)F)cc2=O)cc1Cl. The molecule has 2 heterocycles. The Morgan fingerprint density at radius 1 is 1.29 bits per heavy atom. The summed E-state index contributed by atoms with van der Waals surface area (Å²) in [5.41, 5.74) is -0.892. The Balaban J connectivity index is 1.60. The van der Waals surface area contributed by atoms with Gasteiger partial charge in [0.15, 0.2) is 11.6 Å². The van der Waals surface area contributed by atoms with Gasteiger partial charge in [0.05, 0.1) is 11.8 Å². The van der Waals surface area contributed by atoms with Crippen molar-refractivity contribution >= 4 is 23.3 Å². The quantitative estimate of drug-likeness (QED) is 0.449. The predicted octanol–water partition coefficient (Wildman–Crippen LogP) is 5.29. The second-order valence-electron chi connectivity index (χ2n) is 8.83. The van der Waals surface area contributed by atoms with Crippen molar-refractivity contribution in [2.45, 2.75) is 51.0 Å². The highest BCUT2D eigenvalue weighted by Crippen LogP contribution is 2.36. The van der Waals surface area contributed by atoms with Crippen LogP contribution in [-0.2, 0) is 17.8 Å². The van der Waals surface area contributed by atoms with Crippen LogP contribution in [0.2, 0.25) is 5.15 Å². The molecule has 1 unspecified atom stereocenters. The number of halogens is 3. The van der Waals surface area contributed by atoms with Crippen LogP contribution in [-0.4, -0.2) is 25.5 Å². The van der Waals surface area contributed by atoms with Crippen molar-refractivity contribution in [2.24, 2.45) is 13.0 Å². The third-order valence-corrected chi connectivity index (χ3v) is 6.45. The number of ether oxygens (including phenoxy) is 1. The lowest BCUT2D eigenvalue weighted by Gasteiger charge is -2.21. The standard InChI is InChI=1S/C24H26ClF2N5O3/c1-24(26,27)17-9-5-6-10-19(17)35-16-12-22(33)32(28-14-16)18(11-15-7-3-4-8-15)23(34)29-21-13-20(25)31(2)30-21/h5-6,9-10,12-15,18H,3-4,7-8,11H2,1-2H3,(H,29,30,34). The van der Waals surface area contributed by atoms with E-state index >= 15 is 0 Å². The summed E-state index contributed by atoms with van der Waals surface area (Å²) in [4.78, 5) is 26.2. The first kappa shape index (κ1) is 24.8. The molecule has 1 aliphatic carbocycles. The number of carbonyl (C=O) groups excluding carboxylic acids is 1. The van der Waals surface area contributed by atoms with Crippen molar-refractivity contribution < 1.29 is 18.3 Å². The Kier molecular flexibility index (Phi) is 7.20. The third-order valence-electron chi connectivity index (χ3n) is 6.09. The maximum atomic E-state index is 13.9. The number of nitrogens with zero attached hydrogens (tertiary/aromatic N) is 4. The Morgan fingerprint density at radius 3 is 2.63 bits per heavy atom. The van der Waals surface area contributed by atoms with Crippen LogP contribution >= 0.6 is 11.6 Å². The van der Waals surface area contributed by atoms with E-state index in [0.29, 0.717) is 11.6 Å². The van der Waals surface area contributed by atoms with Gasteiger partial charge < -0.3 is 10.1 Å². The average molecular weight is 506 g/mol. The minimum Gasteiger partial charge on any atom is -0.455 e. The Labute approximate surface area is 205 Å². The molecule has 1 amide bonds. The maximum absolute atomic E-state index is 13.9. The summed E-state index contributed by atoms with van der Waals surface area (Å²) in [6.07, 6.45) is 5.77. The average Bonchev–Trinajstić information content (AvgIpc) is 3.41. The van der Waals surface area contributed by atoms with Crippen molar-refractivity contribution in [2.75, 3.05) is 5.32 Å². The number of aromatic nitrogens is 4. The first-order chi connectivity index (χ1) is 16.6. The van der Waals surface area contributed by atoms with E-state index in [1.807, 2.05) is 0 Å². The van der Waals surface area contributed by atoms with Crippen LogP contribution in [0.1, 0.15) is 50.6 Å². The molecule has 2 aromatic heterocycles. The Hall–Kier alpha value is -3.27. The molecule has 0 radical (unpaired) electrons. The summed E-state index contributed by atoms with van der Waals surface area (Å²) < 4.78 is 36.0. The largest absolute Gasteiger partial charge is 0.455 e. The van der Waals surface area contributed by atoms with E-state index in [0.717, 1.165) is 43.4 Å². The van der Waals surface area contributed by atoms with Crippen molar-refractivity contribution in [3.8, 4) is 11.5 Å². The number of hydrogen-bond donors (Lipinski definition) is 1. The van der Waals surface area contributed by atoms with Crippen molar-refractivity contribution in [3.63, 3.8) is 0 Å². The number of carbonyl (C=O) groups is 1. The predicted molar refractivity (Wildman–Crippen MR) is 127 cm³/mol. The molecular formula is C24H26ClF2N5O3. The summed E-state index contributed by atoms with van der Waals surface area (Å²) in [7, 11) is 1.64. The number of alkyl halides is 2. The molecule has 3 aromatic rings. The summed E-state index contributed by atoms with van der Waals surface area (Å²) in [6.45, 7) is 0.770. The Morgan fingerprint density at radius 2 is 2.00 bits per heavy atom. The van der Waals surface area contributed by atoms with Crippen LogP contribution < -0.4 is 15.6 Å². The molecule has 1 N–H and O–H groups in total. The van der Waals surface area contributed by atoms with Gasteiger partial charge in [0, 0.05) is 26.1 Å². The number of rotatable bonds is 8. The van der Waals surface area contributed by atoms with E-state index in [2.05, 4.69) is 15.5 Å². The topological polar surface area (TPSA) is 91.0 Å². The van der Waals surface area contributed by atoms with Crippen LogP contribution in [0.4, 0.5) is 14.6 Å². The lowest BCUT2D eigenvalue weighted by atomic mass is 9.98. The molecule has 1 fully saturated rings. The lowest BCUT2D eigenvalue weighted by molar-refractivity contribution is -0.120. The second-order valence-corrected chi connectivity index (χ2v) is 9.22. The molecule has 0 aliphatic heterocycles. The first-order valence-corrected chi connectivity index (χ1v) is 11.7. The fourth-order valence-electron chi connectivity index (χ4n) is 4.33. The number of nitrogens with one attached hydrogen (secondary N) is 1. The number of para-hydroxylation sites is 1. The monoisotopic (exact) mass is 505 g/mol. The van der Waals surface area contributed by atoms with Gasteiger partial charge in [-0.1, -0.05) is 49.4 Å². The minimum atomic E-state index is -3.13. The van der Waals surface area contributed by atoms with Crippen LogP contribution in [0.25, 0.3) is 0 Å². The van der Waals surface area contributed by atoms with Gasteiger partial charge >= 0.3 is 0 Å². The van der Waals surface area contributed by atoms with E-state index in [1.54, 1.807) is 13.1 Å². The summed E-state index contributed by atoms with van der Waals surface area (Å²) in [5.74, 6) is -3.10. The number of hydrogen-bond acceptors (Lipinski definition) is 5. The fourth-order valence-corrected chi connectivity index (χ4v) is 4.47. The summed E-state index contributed by atoms with van der Waals surface area (Å²) in [6, 6.07) is 7.47. The highest BCUT2D eigenvalue weighted by atomic mass is 35.5. The summed E-state index contributed by atoms with van der Waals surface area (Å²) in [5, 5.41) is 11.4. The first-order valence-electron chi connectivity index (χ1n) is 11.4. The molecule has 1 saturated carbocycles. The van der Waals surface area contributed by atoms with E-state index < -0.39 is 23.4 Å². The van der Waals surface area contributed by atoms with E-state index in [-0.39, 0.29) is 28.8 Å². The smallest absolute Gasteiger partial charge is 0.274 e. The molecule has 35 heavy (non-hydrogen) atoms. The molecule has 0 spiro atoms. The minimum absolute atomic E-state index is 0.000479. The zero-order valence-electron chi connectivity index (χ0n) is 19.4. The van der Waals surface area contributed by atoms with Crippen molar-refractivity contribution in [1.82, 2.24) is 19.6 Å². The van der Waals surface area contributed by atoms with Crippen LogP contribution in [0.3, 0.4) is 0 Å². The highest BCUT2D eigenvalue weighted by Gasteiger charge is 2.30.